The van der Waals surface area contributed by atoms with E-state index in [1.807, 2.05) is 6.92 Å². The summed E-state index contributed by atoms with van der Waals surface area (Å²) >= 11 is 0. The number of nitrogens with zero attached hydrogens (tertiary/aromatic N) is 2. The number of aliphatic hydroxyl groups excluding tert-OH is 5. The van der Waals surface area contributed by atoms with E-state index >= 15 is 0 Å². The van der Waals surface area contributed by atoms with Gasteiger partial charge in [-0.25, -0.2) is 11.2 Å². The fourth-order valence-electron chi connectivity index (χ4n) is 8.60. The second kappa shape index (κ2) is 37.7. The Balaban J connectivity index is -0.000000997. The zero-order valence-corrected chi connectivity index (χ0v) is 70.0. The summed E-state index contributed by atoms with van der Waals surface area (Å²) in [5, 5.41) is 30.3. The molecule has 8 bridgehead atoms. The normalized spacial score (nSPS) is 35.4. The van der Waals surface area contributed by atoms with Gasteiger partial charge < -0.3 is 86.2 Å². The first kappa shape index (κ1) is 74.3. The SMILES string of the molecule is CC(O)[C@@]12CO[C@@H]([CH-]O1)[C@@H]2O[Si](C)(C)C(C)(C)C.[2H]C(C)[C@@]12CO[C@@H]([CH-]O1)[C@@H]2O.[2H]C(C)[C@@]12CO[C@@H]([CH-]O1)[C@@H]2OP(OCC[N+]#[C-])N(C(C)C)C(C)C.[2H]C(C)[C@@]12CO[C@@H]([CH-]O1)[C@@H]2O[Si](C)(C)C(C)(C)C.[3H]OC.[3H]OC.[3H]OC.[U].[U].[U].[U]. The molecule has 8 saturated heterocycles. The van der Waals surface area contributed by atoms with Crippen molar-refractivity contribution in [3.05, 3.63) is 37.8 Å². The van der Waals surface area contributed by atoms with E-state index in [9.17, 15) is 10.2 Å². The van der Waals surface area contributed by atoms with Crippen molar-refractivity contribution < 1.29 is 210 Å². The summed E-state index contributed by atoms with van der Waals surface area (Å²) in [6.07, 6.45) is -4.04. The molecule has 0 amide bonds. The molecule has 0 saturated carbocycles. The quantitative estimate of drug-likeness (QED) is 0.0437. The van der Waals surface area contributed by atoms with Crippen molar-refractivity contribution in [2.75, 3.05) is 60.9 Å². The largest absolute Gasteiger partial charge is 0.541 e. The number of fused-ring (bicyclic) bond motifs is 8. The molecule has 0 aromatic heterocycles. The van der Waals surface area contributed by atoms with Crippen molar-refractivity contribution >= 4 is 25.2 Å². The topological polar surface area (TPSA) is 220 Å². The van der Waals surface area contributed by atoms with Gasteiger partial charge in [0.15, 0.2) is 16.6 Å². The number of hydrogen-bond donors (Lipinski definition) is 5. The minimum atomic E-state index is -1.90. The fourth-order valence-corrected chi connectivity index (χ4v) is 13.0. The molecular formula is C52H101N2O17PSi2U4-4. The van der Waals surface area contributed by atoms with Gasteiger partial charge in [0, 0.05) is 162 Å². The molecular weight excluding hydrogens is 1960 g/mol. The zero-order chi connectivity index (χ0) is 61.6. The number of aliphatic hydroxyl groups is 5. The standard InChI is InChI=1S/C16H28N2O4P.C13H25O4Si.C13H25O3Si.C7H11O3.3CH4O.4U/c1-7-16-11-19-14(10-20-16)15(16)22-23(21-9-8-17-6)18(12(2)3)13(4)5;1-9(14)13-8-15-10(7-16-13)11(13)17-18(5,6)12(2,3)4;1-7-13-9-14-10(8-15-13)11(13)16-17(5,6)12(2,3)4;1-2-7-4-9-5(3-10-7)6(7)8;3*1-2;;;;/h10,12-15H,7-9,11H2,1-5H3;7,9-11,14H,8H2,1-6H3;8,10-11H,7,9H2,1-6H3;3,5-6,8H,2,4H2,1H3;3*2H,1H3;;;;/q4*-1;;;;;;;/t14-,15-,16-,23?;9?,10-,11-,13+;10-,11-,13-;5-,6-,7-;;;;;;;/m0000......./s1/i7D;;7D;2D;3*2T;;;;/t7?,14-,15-,16-,23?;;7?,10-,11-,13-;2?,5-,6-,7-;;;;;;;. The van der Waals surface area contributed by atoms with Crippen LogP contribution in [0.1, 0.15) is 120 Å². The van der Waals surface area contributed by atoms with E-state index in [4.69, 9.17) is 70.8 Å². The molecule has 0 radical (unpaired) electrons. The van der Waals surface area contributed by atoms with Crippen LogP contribution in [-0.2, 0) is 55.8 Å². The van der Waals surface area contributed by atoms with Crippen LogP contribution in [0.5, 0.6) is 0 Å². The maximum Gasteiger partial charge on any atom is 0.259 e. The van der Waals surface area contributed by atoms with E-state index < -0.39 is 72.6 Å². The summed E-state index contributed by atoms with van der Waals surface area (Å²) in [5.41, 5.74) is -2.86. The minimum absolute atomic E-state index is 0. The van der Waals surface area contributed by atoms with Gasteiger partial charge in [-0.15, -0.1) is 0 Å². The van der Waals surface area contributed by atoms with Crippen molar-refractivity contribution in [3.8, 4) is 0 Å². The average molecular weight is 2070 g/mol. The van der Waals surface area contributed by atoms with Crippen LogP contribution in [0.2, 0.25) is 36.3 Å². The second-order valence-corrected chi connectivity index (χ2v) is 33.5. The minimum Gasteiger partial charge on any atom is -0.541 e. The van der Waals surface area contributed by atoms with Gasteiger partial charge in [0.2, 0.25) is 10.8 Å². The third kappa shape index (κ3) is 20.4. The molecule has 8 heterocycles. The molecule has 19 nitrogen and oxygen atoms in total. The molecule has 8 aliphatic heterocycles. The summed E-state index contributed by atoms with van der Waals surface area (Å²) in [4.78, 5) is 3.35. The second-order valence-electron chi connectivity index (χ2n) is 22.6. The van der Waals surface area contributed by atoms with Crippen molar-refractivity contribution in [1.82, 2.24) is 4.67 Å². The van der Waals surface area contributed by atoms with Crippen molar-refractivity contribution in [1.29, 1.82) is 4.29 Å². The summed E-state index contributed by atoms with van der Waals surface area (Å²) < 4.78 is 113. The van der Waals surface area contributed by atoms with Crippen LogP contribution in [0.4, 0.5) is 0 Å². The first-order chi connectivity index (χ1) is 36.9. The van der Waals surface area contributed by atoms with Crippen LogP contribution in [-0.4, -0.2) is 201 Å². The Hall–Kier alpha value is 3.84. The molecule has 5 N–H and O–H groups in total. The first-order valence-corrected chi connectivity index (χ1v) is 32.6. The molecule has 454 valence electrons. The smallest absolute Gasteiger partial charge is 0.259 e. The third-order valence-corrected chi connectivity index (χ3v) is 26.4. The van der Waals surface area contributed by atoms with Crippen LogP contribution in [0.3, 0.4) is 0 Å². The Morgan fingerprint density at radius 1 is 0.667 bits per heavy atom. The molecule has 0 aromatic carbocycles. The van der Waals surface area contributed by atoms with Crippen molar-refractivity contribution in [2.24, 2.45) is 0 Å². The van der Waals surface area contributed by atoms with Crippen LogP contribution in [0.15, 0.2) is 0 Å². The van der Waals surface area contributed by atoms with E-state index in [2.05, 4.69) is 120 Å². The number of ether oxygens (including phenoxy) is 8. The first-order valence-electron chi connectivity index (χ1n) is 28.6. The Kier molecular flexibility index (Phi) is 36.0. The van der Waals surface area contributed by atoms with Gasteiger partial charge in [-0.05, 0) is 114 Å². The Morgan fingerprint density at radius 2 is 1.03 bits per heavy atom. The van der Waals surface area contributed by atoms with Crippen LogP contribution in [0, 0.1) is 157 Å². The van der Waals surface area contributed by atoms with Gasteiger partial charge in [-0.2, -0.15) is 26.4 Å². The van der Waals surface area contributed by atoms with Gasteiger partial charge in [-0.1, -0.05) is 62.3 Å². The van der Waals surface area contributed by atoms with Crippen molar-refractivity contribution in [3.63, 3.8) is 0 Å². The summed E-state index contributed by atoms with van der Waals surface area (Å²) in [6, 6.07) is 0.469. The Labute approximate surface area is 578 Å². The molecule has 0 aliphatic carbocycles. The van der Waals surface area contributed by atoms with E-state index in [-0.39, 0.29) is 196 Å². The molecule has 0 aromatic rings. The molecule has 78 heavy (non-hydrogen) atoms. The number of rotatable bonds is 16. The van der Waals surface area contributed by atoms with Gasteiger partial charge in [0.25, 0.3) is 8.53 Å². The van der Waals surface area contributed by atoms with E-state index in [1.165, 1.54) is 27.9 Å². The molecule has 8 aliphatic rings. The van der Waals surface area contributed by atoms with Gasteiger partial charge in [0.05, 0.1) is 73.8 Å². The summed E-state index contributed by atoms with van der Waals surface area (Å²) in [6.45, 7) is 53.3. The molecule has 5 unspecified atom stereocenters. The van der Waals surface area contributed by atoms with Gasteiger partial charge in [0.1, 0.15) is 12.2 Å². The molecule has 17 atom stereocenters. The third-order valence-electron chi connectivity index (χ3n) is 15.3. The predicted molar refractivity (Wildman–Crippen MR) is 290 cm³/mol. The Morgan fingerprint density at radius 3 is 1.33 bits per heavy atom. The van der Waals surface area contributed by atoms with Crippen molar-refractivity contribution in [2.45, 2.75) is 242 Å². The zero-order valence-electron chi connectivity index (χ0n) is 56.5. The van der Waals surface area contributed by atoms with E-state index in [0.29, 0.717) is 39.6 Å². The Bertz CT molecular complexity index is 1750. The average Bonchev–Trinajstić information content (AvgIpc) is 4.27. The summed E-state index contributed by atoms with van der Waals surface area (Å²) in [7, 11) is -1.26. The fraction of sp³-hybridized carbons (Fsp3) is 0.904. The molecule has 8 rings (SSSR count). The van der Waals surface area contributed by atoms with E-state index in [1.54, 1.807) is 40.6 Å². The maximum atomic E-state index is 10.0. The monoisotopic (exact) mass is 2070 g/mol. The number of hydrogen-bond acceptors (Lipinski definition) is 18. The summed E-state index contributed by atoms with van der Waals surface area (Å²) in [5.74, 6) is 0. The maximum absolute atomic E-state index is 10.0. The van der Waals surface area contributed by atoms with Gasteiger partial charge in [-0.3, -0.25) is 0 Å². The molecule has 0 spiro atoms. The van der Waals surface area contributed by atoms with Gasteiger partial charge >= 0.3 is 0 Å². The van der Waals surface area contributed by atoms with Crippen LogP contribution in [0.25, 0.3) is 4.85 Å². The van der Waals surface area contributed by atoms with E-state index in [0.717, 1.165) is 0 Å². The van der Waals surface area contributed by atoms with Crippen LogP contribution >= 0.6 is 8.53 Å². The van der Waals surface area contributed by atoms with Crippen LogP contribution < -0.4 is 0 Å². The molecule has 8 fully saturated rings. The molecule has 26 heteroatoms. The predicted octanol–water partition coefficient (Wildman–Crippen LogP) is 7.51.